The minimum atomic E-state index is -0.294. The van der Waals surface area contributed by atoms with Gasteiger partial charge < -0.3 is 13.9 Å². The number of nitrogens with zero attached hydrogens (tertiary/aromatic N) is 1. The summed E-state index contributed by atoms with van der Waals surface area (Å²) < 4.78 is 16.5. The molecule has 2 aromatic carbocycles. The molecule has 1 heterocycles. The van der Waals surface area contributed by atoms with Crippen molar-refractivity contribution in [3.8, 4) is 17.1 Å². The molecule has 0 fully saturated rings. The van der Waals surface area contributed by atoms with Crippen molar-refractivity contribution in [3.05, 3.63) is 71.7 Å². The first kappa shape index (κ1) is 18.7. The number of aromatic nitrogens is 1. The monoisotopic (exact) mass is 365 g/mol. The molecule has 0 aliphatic carbocycles. The summed E-state index contributed by atoms with van der Waals surface area (Å²) in [4.78, 5) is 16.1. The van der Waals surface area contributed by atoms with E-state index in [9.17, 15) is 4.79 Å². The number of hydrogen-bond acceptors (Lipinski definition) is 5. The summed E-state index contributed by atoms with van der Waals surface area (Å²) in [5.41, 5.74) is 3.28. The van der Waals surface area contributed by atoms with Crippen molar-refractivity contribution >= 4 is 5.97 Å². The maximum Gasteiger partial charge on any atom is 0.306 e. The molecule has 0 atom stereocenters. The van der Waals surface area contributed by atoms with Crippen LogP contribution in [0.15, 0.2) is 59.1 Å². The molecule has 0 N–H and O–H groups in total. The Hall–Kier alpha value is -3.08. The van der Waals surface area contributed by atoms with Crippen LogP contribution in [0, 0.1) is 13.8 Å². The van der Waals surface area contributed by atoms with Crippen LogP contribution in [-0.2, 0) is 16.0 Å². The maximum atomic E-state index is 11.8. The average molecular weight is 365 g/mol. The second-order valence-corrected chi connectivity index (χ2v) is 6.37. The molecule has 5 heteroatoms. The molecule has 0 amide bonds. The van der Waals surface area contributed by atoms with Gasteiger partial charge in [-0.05, 0) is 31.5 Å². The third kappa shape index (κ3) is 5.71. The molecule has 0 bridgehead atoms. The third-order valence-corrected chi connectivity index (χ3v) is 4.04. The van der Waals surface area contributed by atoms with Crippen molar-refractivity contribution in [2.24, 2.45) is 0 Å². The molecule has 3 aromatic rings. The lowest BCUT2D eigenvalue weighted by Gasteiger charge is -2.07. The zero-order chi connectivity index (χ0) is 19.1. The maximum absolute atomic E-state index is 11.8. The van der Waals surface area contributed by atoms with Gasteiger partial charge in [-0.15, -0.1) is 0 Å². The number of carbonyl (C=O) groups excluding carboxylic acids is 1. The molecule has 0 spiro atoms. The van der Waals surface area contributed by atoms with Crippen LogP contribution in [0.3, 0.4) is 0 Å². The number of benzene rings is 2. The van der Waals surface area contributed by atoms with Gasteiger partial charge in [0.1, 0.15) is 19.0 Å². The van der Waals surface area contributed by atoms with E-state index in [2.05, 4.69) is 4.98 Å². The summed E-state index contributed by atoms with van der Waals surface area (Å²) in [7, 11) is 0. The Labute approximate surface area is 159 Å². The van der Waals surface area contributed by atoms with Crippen LogP contribution in [0.25, 0.3) is 11.3 Å². The van der Waals surface area contributed by atoms with E-state index >= 15 is 0 Å². The van der Waals surface area contributed by atoms with Crippen LogP contribution in [-0.4, -0.2) is 24.2 Å². The molecular weight excluding hydrogens is 342 g/mol. The first-order chi connectivity index (χ1) is 13.1. The van der Waals surface area contributed by atoms with Gasteiger partial charge in [-0.3, -0.25) is 4.79 Å². The highest BCUT2D eigenvalue weighted by Gasteiger charge is 2.10. The van der Waals surface area contributed by atoms with E-state index in [0.29, 0.717) is 24.7 Å². The van der Waals surface area contributed by atoms with Crippen LogP contribution >= 0.6 is 0 Å². The smallest absolute Gasteiger partial charge is 0.306 e. The molecule has 140 valence electrons. The first-order valence-corrected chi connectivity index (χ1v) is 8.97. The molecule has 0 aliphatic rings. The van der Waals surface area contributed by atoms with Gasteiger partial charge in [0.05, 0.1) is 12.6 Å². The summed E-state index contributed by atoms with van der Waals surface area (Å²) in [6, 6.07) is 15.8. The highest BCUT2D eigenvalue weighted by atomic mass is 16.6. The lowest BCUT2D eigenvalue weighted by Crippen LogP contribution is -2.12. The molecule has 27 heavy (non-hydrogen) atoms. The van der Waals surface area contributed by atoms with Gasteiger partial charge >= 0.3 is 5.97 Å². The van der Waals surface area contributed by atoms with E-state index in [-0.39, 0.29) is 19.0 Å². The number of rotatable bonds is 8. The summed E-state index contributed by atoms with van der Waals surface area (Å²) in [6.07, 6.45) is 2.31. The van der Waals surface area contributed by atoms with Crippen molar-refractivity contribution in [3.63, 3.8) is 0 Å². The van der Waals surface area contributed by atoms with Gasteiger partial charge in [-0.1, -0.05) is 42.0 Å². The SMILES string of the molecule is Cc1ccc(-c2cnc(CCC(=O)OCCOc3cccc(C)c3)o2)cc1. The number of hydrogen-bond donors (Lipinski definition) is 0. The Balaban J connectivity index is 1.38. The van der Waals surface area contributed by atoms with Gasteiger partial charge in [0, 0.05) is 12.0 Å². The molecule has 0 saturated heterocycles. The highest BCUT2D eigenvalue weighted by Crippen LogP contribution is 2.21. The number of esters is 1. The van der Waals surface area contributed by atoms with Gasteiger partial charge in [-0.25, -0.2) is 4.98 Å². The minimum Gasteiger partial charge on any atom is -0.490 e. The molecule has 0 radical (unpaired) electrons. The van der Waals surface area contributed by atoms with Crippen molar-refractivity contribution in [2.75, 3.05) is 13.2 Å². The molecule has 0 saturated carbocycles. The van der Waals surface area contributed by atoms with E-state index in [1.165, 1.54) is 5.56 Å². The zero-order valence-corrected chi connectivity index (χ0v) is 15.6. The second kappa shape index (κ2) is 9.03. The number of carbonyl (C=O) groups is 1. The Morgan fingerprint density at radius 3 is 2.63 bits per heavy atom. The Morgan fingerprint density at radius 1 is 1.04 bits per heavy atom. The van der Waals surface area contributed by atoms with Gasteiger partial charge in [0.15, 0.2) is 11.7 Å². The van der Waals surface area contributed by atoms with Crippen LogP contribution in [0.5, 0.6) is 5.75 Å². The zero-order valence-electron chi connectivity index (χ0n) is 15.6. The summed E-state index contributed by atoms with van der Waals surface area (Å²) in [6.45, 7) is 4.58. The number of oxazole rings is 1. The predicted molar refractivity (Wildman–Crippen MR) is 103 cm³/mol. The first-order valence-electron chi connectivity index (χ1n) is 8.97. The number of aryl methyl sites for hydroxylation is 3. The van der Waals surface area contributed by atoms with Crippen LogP contribution in [0.4, 0.5) is 0 Å². The Morgan fingerprint density at radius 2 is 1.85 bits per heavy atom. The largest absolute Gasteiger partial charge is 0.490 e. The molecule has 1 aromatic heterocycles. The quantitative estimate of drug-likeness (QED) is 0.434. The molecule has 0 aliphatic heterocycles. The van der Waals surface area contributed by atoms with E-state index in [1.54, 1.807) is 6.20 Å². The van der Waals surface area contributed by atoms with Gasteiger partial charge in [0.25, 0.3) is 0 Å². The lowest BCUT2D eigenvalue weighted by atomic mass is 10.1. The average Bonchev–Trinajstić information content (AvgIpc) is 3.13. The van der Waals surface area contributed by atoms with Crippen molar-refractivity contribution < 1.29 is 18.7 Å². The molecule has 5 nitrogen and oxygen atoms in total. The molecule has 3 rings (SSSR count). The highest BCUT2D eigenvalue weighted by molar-refractivity contribution is 5.69. The van der Waals surface area contributed by atoms with E-state index in [4.69, 9.17) is 13.9 Å². The Bertz CT molecular complexity index is 883. The van der Waals surface area contributed by atoms with Crippen molar-refractivity contribution in [2.45, 2.75) is 26.7 Å². The van der Waals surface area contributed by atoms with Crippen molar-refractivity contribution in [1.29, 1.82) is 0 Å². The minimum absolute atomic E-state index is 0.215. The predicted octanol–water partition coefficient (Wildman–Crippen LogP) is 4.51. The topological polar surface area (TPSA) is 61.6 Å². The van der Waals surface area contributed by atoms with Gasteiger partial charge in [-0.2, -0.15) is 0 Å². The normalized spacial score (nSPS) is 10.6. The fourth-order valence-electron chi connectivity index (χ4n) is 2.58. The number of ether oxygens (including phenoxy) is 2. The second-order valence-electron chi connectivity index (χ2n) is 6.37. The summed E-state index contributed by atoms with van der Waals surface area (Å²) >= 11 is 0. The van der Waals surface area contributed by atoms with Crippen LogP contribution in [0.2, 0.25) is 0 Å². The molecular formula is C22H23NO4. The Kier molecular flexibility index (Phi) is 6.26. The van der Waals surface area contributed by atoms with E-state index < -0.39 is 0 Å². The van der Waals surface area contributed by atoms with E-state index in [0.717, 1.165) is 16.9 Å². The summed E-state index contributed by atoms with van der Waals surface area (Å²) in [5, 5.41) is 0. The van der Waals surface area contributed by atoms with Crippen molar-refractivity contribution in [1.82, 2.24) is 4.98 Å². The standard InChI is InChI=1S/C22H23NO4/c1-16-6-8-18(9-7-16)20-15-23-21(27-20)10-11-22(24)26-13-12-25-19-5-3-4-17(2)14-19/h3-9,14-15H,10-13H2,1-2H3. The summed E-state index contributed by atoms with van der Waals surface area (Å²) in [5.74, 6) is 1.70. The van der Waals surface area contributed by atoms with Crippen LogP contribution in [0.1, 0.15) is 23.4 Å². The van der Waals surface area contributed by atoms with E-state index in [1.807, 2.05) is 62.4 Å². The third-order valence-electron chi connectivity index (χ3n) is 4.04. The molecule has 0 unspecified atom stereocenters. The fraction of sp³-hybridized carbons (Fsp3) is 0.273. The fourth-order valence-corrected chi connectivity index (χ4v) is 2.58. The van der Waals surface area contributed by atoms with Gasteiger partial charge in [0.2, 0.25) is 0 Å². The lowest BCUT2D eigenvalue weighted by molar-refractivity contribution is -0.144. The van der Waals surface area contributed by atoms with Crippen LogP contribution < -0.4 is 4.74 Å².